The van der Waals surface area contributed by atoms with E-state index in [1.165, 1.54) is 6.20 Å². The van der Waals surface area contributed by atoms with E-state index in [4.69, 9.17) is 14.5 Å². The largest absolute Gasteiger partial charge is 0.489 e. The number of amides is 2. The number of carbonyl (C=O) groups excluding carboxylic acids is 2. The van der Waals surface area contributed by atoms with Crippen molar-refractivity contribution >= 4 is 23.3 Å². The van der Waals surface area contributed by atoms with Gasteiger partial charge in [-0.05, 0) is 65.2 Å². The first-order valence-corrected chi connectivity index (χ1v) is 14.9. The average Bonchev–Trinajstić information content (AvgIpc) is 3.37. The number of rotatable bonds is 9. The number of nitrogens with zero attached hydrogens (tertiary/aromatic N) is 6. The van der Waals surface area contributed by atoms with E-state index >= 15 is 0 Å². The van der Waals surface area contributed by atoms with E-state index in [9.17, 15) is 20.0 Å². The van der Waals surface area contributed by atoms with E-state index in [-0.39, 0.29) is 18.4 Å². The van der Waals surface area contributed by atoms with Gasteiger partial charge in [0.1, 0.15) is 35.9 Å². The molecule has 0 aliphatic carbocycles. The van der Waals surface area contributed by atoms with Gasteiger partial charge < -0.3 is 29.7 Å². The number of ether oxygens (including phenoxy) is 2. The van der Waals surface area contributed by atoms with Gasteiger partial charge in [-0.25, -0.2) is 14.3 Å². The summed E-state index contributed by atoms with van der Waals surface area (Å²) in [6, 6.07) is 7.22. The summed E-state index contributed by atoms with van der Waals surface area (Å²) in [4.78, 5) is 34.5. The van der Waals surface area contributed by atoms with E-state index in [1.54, 1.807) is 56.4 Å². The summed E-state index contributed by atoms with van der Waals surface area (Å²) in [6.45, 7) is 15.0. The quantitative estimate of drug-likeness (QED) is 0.370. The SMILES string of the molecule is CC(C)C[C@@H](NC(=O)OC(C)(C)C)C(=O)N1CCN(c2ccc(-c3cc(OCC(C)(C)O)cn4ncc(C#N)c34)cn2)CC1. The Morgan fingerprint density at radius 2 is 1.82 bits per heavy atom. The minimum Gasteiger partial charge on any atom is -0.489 e. The molecule has 1 aliphatic heterocycles. The van der Waals surface area contributed by atoms with Crippen molar-refractivity contribution in [3.05, 3.63) is 42.4 Å². The van der Waals surface area contributed by atoms with Crippen LogP contribution in [0, 0.1) is 17.2 Å². The van der Waals surface area contributed by atoms with Crippen LogP contribution in [-0.2, 0) is 9.53 Å². The lowest BCUT2D eigenvalue weighted by atomic mass is 10.0. The van der Waals surface area contributed by atoms with Crippen molar-refractivity contribution in [2.45, 2.75) is 72.1 Å². The molecule has 2 N–H and O–H groups in total. The Hall–Kier alpha value is -4.37. The van der Waals surface area contributed by atoms with Gasteiger partial charge in [0.25, 0.3) is 0 Å². The normalized spacial score (nSPS) is 14.8. The second-order valence-corrected chi connectivity index (χ2v) is 13.2. The van der Waals surface area contributed by atoms with Crippen LogP contribution in [0.3, 0.4) is 0 Å². The highest BCUT2D eigenvalue weighted by Gasteiger charge is 2.31. The molecule has 3 aromatic heterocycles. The van der Waals surface area contributed by atoms with Crippen LogP contribution in [0.15, 0.2) is 36.8 Å². The molecule has 0 unspecified atom stereocenters. The highest BCUT2D eigenvalue weighted by Crippen LogP contribution is 2.32. The Balaban J connectivity index is 1.46. The maximum atomic E-state index is 13.4. The molecule has 12 nitrogen and oxygen atoms in total. The number of aliphatic hydroxyl groups is 1. The minimum absolute atomic E-state index is 0.0886. The maximum Gasteiger partial charge on any atom is 0.408 e. The molecule has 1 aliphatic rings. The van der Waals surface area contributed by atoms with Crippen molar-refractivity contribution in [3.63, 3.8) is 0 Å². The third-order valence-electron chi connectivity index (χ3n) is 6.97. The lowest BCUT2D eigenvalue weighted by Gasteiger charge is -2.37. The molecule has 1 fully saturated rings. The van der Waals surface area contributed by atoms with Crippen molar-refractivity contribution in [1.29, 1.82) is 5.26 Å². The standard InChI is InChI=1S/C32H43N7O5/c1-21(2)14-26(36-30(41)44-31(3,4)5)29(40)38-12-10-37(11-13-38)27-9-8-22(17-34-27)25-15-24(43-20-32(6,7)42)19-39-28(25)23(16-33)18-35-39/h8-9,15,17-19,21,26,42H,10-14,20H2,1-7H3,(H,36,41)/t26-/m1/s1. The lowest BCUT2D eigenvalue weighted by molar-refractivity contribution is -0.134. The summed E-state index contributed by atoms with van der Waals surface area (Å²) in [5.74, 6) is 1.37. The van der Waals surface area contributed by atoms with Crippen LogP contribution in [0.25, 0.3) is 16.6 Å². The van der Waals surface area contributed by atoms with E-state index in [0.717, 1.165) is 16.9 Å². The number of alkyl carbamates (subject to hydrolysis) is 1. The number of pyridine rings is 2. The molecule has 44 heavy (non-hydrogen) atoms. The van der Waals surface area contributed by atoms with Crippen LogP contribution in [0.5, 0.6) is 5.75 Å². The Kier molecular flexibility index (Phi) is 9.69. The molecule has 0 aromatic carbocycles. The minimum atomic E-state index is -1.02. The van der Waals surface area contributed by atoms with Crippen molar-refractivity contribution in [2.75, 3.05) is 37.7 Å². The Morgan fingerprint density at radius 1 is 1.11 bits per heavy atom. The Bertz CT molecular complexity index is 1510. The number of hydrogen-bond donors (Lipinski definition) is 2. The topological polar surface area (TPSA) is 145 Å². The van der Waals surface area contributed by atoms with Crippen LogP contribution in [0.2, 0.25) is 0 Å². The van der Waals surface area contributed by atoms with Gasteiger partial charge in [-0.2, -0.15) is 10.4 Å². The predicted molar refractivity (Wildman–Crippen MR) is 166 cm³/mol. The molecule has 0 bridgehead atoms. The molecule has 4 heterocycles. The molecule has 2 amide bonds. The number of carbonyl (C=O) groups is 2. The van der Waals surface area contributed by atoms with E-state index < -0.39 is 23.3 Å². The Morgan fingerprint density at radius 3 is 2.39 bits per heavy atom. The van der Waals surface area contributed by atoms with Gasteiger partial charge in [0.15, 0.2) is 0 Å². The third-order valence-corrected chi connectivity index (χ3v) is 6.97. The number of piperazine rings is 1. The summed E-state index contributed by atoms with van der Waals surface area (Å²) in [6.07, 6.45) is 4.87. The smallest absolute Gasteiger partial charge is 0.408 e. The highest BCUT2D eigenvalue weighted by atomic mass is 16.6. The number of fused-ring (bicyclic) bond motifs is 1. The zero-order chi connectivity index (χ0) is 32.2. The molecule has 4 rings (SSSR count). The number of anilines is 1. The summed E-state index contributed by atoms with van der Waals surface area (Å²) < 4.78 is 12.8. The number of aromatic nitrogens is 3. The Labute approximate surface area is 258 Å². The molecule has 12 heteroatoms. The molecule has 236 valence electrons. The molecule has 1 atom stereocenters. The van der Waals surface area contributed by atoms with Gasteiger partial charge in [-0.15, -0.1) is 0 Å². The predicted octanol–water partition coefficient (Wildman–Crippen LogP) is 4.01. The van der Waals surface area contributed by atoms with Crippen LogP contribution in [0.4, 0.5) is 10.6 Å². The second kappa shape index (κ2) is 13.1. The van der Waals surface area contributed by atoms with E-state index in [1.807, 2.05) is 32.0 Å². The number of hydrogen-bond acceptors (Lipinski definition) is 9. The fraction of sp³-hybridized carbons (Fsp3) is 0.531. The van der Waals surface area contributed by atoms with Crippen molar-refractivity contribution < 1.29 is 24.2 Å². The van der Waals surface area contributed by atoms with Crippen LogP contribution >= 0.6 is 0 Å². The molecule has 0 spiro atoms. The van der Waals surface area contributed by atoms with Crippen molar-refractivity contribution in [3.8, 4) is 22.9 Å². The highest BCUT2D eigenvalue weighted by molar-refractivity contribution is 5.86. The summed E-state index contributed by atoms with van der Waals surface area (Å²) in [5.41, 5.74) is 0.911. The van der Waals surface area contributed by atoms with Crippen molar-refractivity contribution in [1.82, 2.24) is 24.8 Å². The van der Waals surface area contributed by atoms with Crippen LogP contribution in [-0.4, -0.2) is 86.6 Å². The average molecular weight is 606 g/mol. The maximum absolute atomic E-state index is 13.4. The van der Waals surface area contributed by atoms with Gasteiger partial charge in [0.05, 0.1) is 29.1 Å². The van der Waals surface area contributed by atoms with E-state index in [2.05, 4.69) is 21.4 Å². The van der Waals surface area contributed by atoms with Gasteiger partial charge in [-0.1, -0.05) is 13.8 Å². The zero-order valence-electron chi connectivity index (χ0n) is 26.6. The first-order chi connectivity index (χ1) is 20.6. The first-order valence-electron chi connectivity index (χ1n) is 14.9. The molecule has 3 aromatic rings. The summed E-state index contributed by atoms with van der Waals surface area (Å²) >= 11 is 0. The number of nitrogens with one attached hydrogen (secondary N) is 1. The molecular weight excluding hydrogens is 562 g/mol. The monoisotopic (exact) mass is 605 g/mol. The van der Waals surface area contributed by atoms with Gasteiger partial charge >= 0.3 is 6.09 Å². The van der Waals surface area contributed by atoms with E-state index in [0.29, 0.717) is 49.4 Å². The van der Waals surface area contributed by atoms with Crippen molar-refractivity contribution in [2.24, 2.45) is 5.92 Å². The fourth-order valence-corrected chi connectivity index (χ4v) is 4.99. The molecule has 1 saturated heterocycles. The molecule has 0 radical (unpaired) electrons. The van der Waals surface area contributed by atoms with Gasteiger partial charge in [-0.3, -0.25) is 4.79 Å². The van der Waals surface area contributed by atoms with Gasteiger partial charge in [0, 0.05) is 43.5 Å². The van der Waals surface area contributed by atoms with Crippen LogP contribution < -0.4 is 15.0 Å². The third kappa shape index (κ3) is 8.38. The molecule has 0 saturated carbocycles. The number of nitriles is 1. The summed E-state index contributed by atoms with van der Waals surface area (Å²) in [7, 11) is 0. The zero-order valence-corrected chi connectivity index (χ0v) is 26.6. The molecular formula is C32H43N7O5. The second-order valence-electron chi connectivity index (χ2n) is 13.2. The van der Waals surface area contributed by atoms with Crippen LogP contribution in [0.1, 0.15) is 60.5 Å². The summed E-state index contributed by atoms with van der Waals surface area (Å²) in [5, 5.41) is 26.9. The lowest BCUT2D eigenvalue weighted by Crippen LogP contribution is -2.55. The fourth-order valence-electron chi connectivity index (χ4n) is 4.99. The van der Waals surface area contributed by atoms with Gasteiger partial charge in [0.2, 0.25) is 5.91 Å². The first kappa shape index (κ1) is 32.5.